The van der Waals surface area contributed by atoms with Crippen LogP contribution in [0.2, 0.25) is 0 Å². The topological polar surface area (TPSA) is 72.5 Å². The maximum atomic E-state index is 11.9. The maximum absolute atomic E-state index is 11.9. The Morgan fingerprint density at radius 1 is 1.11 bits per heavy atom. The molecule has 0 aliphatic carbocycles. The second-order valence-corrected chi connectivity index (χ2v) is 7.78. The predicted molar refractivity (Wildman–Crippen MR) is 117 cm³/mol. The lowest BCUT2D eigenvalue weighted by Crippen LogP contribution is -2.40. The first kappa shape index (κ1) is 19.9. The van der Waals surface area contributed by atoms with Crippen LogP contribution in [0.25, 0.3) is 10.9 Å². The first-order valence-electron chi connectivity index (χ1n) is 9.43. The molecule has 0 unspecified atom stereocenters. The number of rotatable bonds is 8. The minimum Gasteiger partial charge on any atom is -0.361 e. The summed E-state index contributed by atoms with van der Waals surface area (Å²) in [6.07, 6.45) is 3.86. The summed E-state index contributed by atoms with van der Waals surface area (Å²) in [6.45, 7) is 1.65. The largest absolute Gasteiger partial charge is 0.361 e. The van der Waals surface area contributed by atoms with Crippen LogP contribution < -0.4 is 10.6 Å². The lowest BCUT2D eigenvalue weighted by Gasteiger charge is -2.13. The summed E-state index contributed by atoms with van der Waals surface area (Å²) in [5.74, 6) is 0.655. The summed E-state index contributed by atoms with van der Waals surface area (Å²) in [6, 6.07) is 12.5. The van der Waals surface area contributed by atoms with Gasteiger partial charge in [0.25, 0.3) is 0 Å². The Labute approximate surface area is 169 Å². The van der Waals surface area contributed by atoms with Gasteiger partial charge in [0.05, 0.1) is 0 Å². The van der Waals surface area contributed by atoms with Crippen molar-refractivity contribution in [2.45, 2.75) is 12.8 Å². The molecule has 0 radical (unpaired) electrons. The first-order valence-corrected chi connectivity index (χ1v) is 10.3. The van der Waals surface area contributed by atoms with Crippen molar-refractivity contribution in [1.82, 2.24) is 20.5 Å². The average Bonchev–Trinajstić information content (AvgIpc) is 3.35. The molecule has 1 aromatic carbocycles. The van der Waals surface area contributed by atoms with E-state index in [1.54, 1.807) is 30.3 Å². The Morgan fingerprint density at radius 2 is 1.89 bits per heavy atom. The zero-order valence-electron chi connectivity index (χ0n) is 16.4. The molecule has 3 N–H and O–H groups in total. The number of amides is 1. The molecule has 2 aromatic heterocycles. The Kier molecular flexibility index (Phi) is 7.08. The molecular formula is C21H27N5OS. The molecule has 3 rings (SSSR count). The minimum absolute atomic E-state index is 0.0176. The number of aromatic amines is 1. The highest BCUT2D eigenvalue weighted by molar-refractivity contribution is 7.09. The lowest BCUT2D eigenvalue weighted by atomic mass is 10.1. The van der Waals surface area contributed by atoms with Gasteiger partial charge in [0, 0.05) is 49.2 Å². The van der Waals surface area contributed by atoms with Gasteiger partial charge in [-0.25, -0.2) is 4.99 Å². The first-order chi connectivity index (χ1) is 13.6. The van der Waals surface area contributed by atoms with Gasteiger partial charge in [0.2, 0.25) is 5.91 Å². The smallest absolute Gasteiger partial charge is 0.243 e. The number of carbonyl (C=O) groups excluding carboxylic acids is 1. The number of likely N-dealkylation sites (N-methyl/N-ethyl adjacent to an activating group) is 1. The van der Waals surface area contributed by atoms with E-state index in [0.29, 0.717) is 5.96 Å². The average molecular weight is 398 g/mol. The molecule has 6 nitrogen and oxygen atoms in total. The number of carbonyl (C=O) groups is 1. The van der Waals surface area contributed by atoms with Gasteiger partial charge in [-0.3, -0.25) is 4.79 Å². The van der Waals surface area contributed by atoms with Crippen molar-refractivity contribution in [2.24, 2.45) is 4.99 Å². The van der Waals surface area contributed by atoms with Crippen LogP contribution >= 0.6 is 11.3 Å². The number of H-pyrrole nitrogens is 1. The molecule has 0 spiro atoms. The highest BCUT2D eigenvalue weighted by Crippen LogP contribution is 2.17. The van der Waals surface area contributed by atoms with E-state index in [9.17, 15) is 4.79 Å². The number of nitrogens with one attached hydrogen (secondary N) is 3. The van der Waals surface area contributed by atoms with E-state index >= 15 is 0 Å². The van der Waals surface area contributed by atoms with Crippen molar-refractivity contribution >= 4 is 34.1 Å². The maximum Gasteiger partial charge on any atom is 0.243 e. The van der Waals surface area contributed by atoms with E-state index in [2.05, 4.69) is 62.5 Å². The number of aliphatic imine (C=N–C) groups is 1. The van der Waals surface area contributed by atoms with E-state index in [1.165, 1.54) is 15.8 Å². The fraction of sp³-hybridized carbons (Fsp3) is 0.333. The van der Waals surface area contributed by atoms with E-state index in [1.807, 2.05) is 6.07 Å². The van der Waals surface area contributed by atoms with Gasteiger partial charge in [-0.05, 0) is 35.9 Å². The number of guanidine groups is 1. The summed E-state index contributed by atoms with van der Waals surface area (Å²) in [5.41, 5.74) is 2.42. The number of para-hydroxylation sites is 1. The Bertz CT molecular complexity index is 914. The number of hydrogen-bond acceptors (Lipinski definition) is 3. The molecule has 1 amide bonds. The van der Waals surface area contributed by atoms with Crippen LogP contribution in [0.5, 0.6) is 0 Å². The van der Waals surface area contributed by atoms with E-state index in [-0.39, 0.29) is 12.5 Å². The van der Waals surface area contributed by atoms with Crippen molar-refractivity contribution in [2.75, 3.05) is 33.7 Å². The van der Waals surface area contributed by atoms with Crippen molar-refractivity contribution < 1.29 is 4.79 Å². The molecular weight excluding hydrogens is 370 g/mol. The van der Waals surface area contributed by atoms with Gasteiger partial charge < -0.3 is 20.5 Å². The number of aromatic nitrogens is 1. The van der Waals surface area contributed by atoms with Gasteiger partial charge in [-0.15, -0.1) is 11.3 Å². The molecule has 7 heteroatoms. The van der Waals surface area contributed by atoms with Gasteiger partial charge in [-0.2, -0.15) is 0 Å². The third-order valence-corrected chi connectivity index (χ3v) is 5.41. The second kappa shape index (κ2) is 9.94. The second-order valence-electron chi connectivity index (χ2n) is 6.75. The highest BCUT2D eigenvalue weighted by Gasteiger charge is 2.06. The third kappa shape index (κ3) is 5.60. The monoisotopic (exact) mass is 397 g/mol. The van der Waals surface area contributed by atoms with E-state index in [0.717, 1.165) is 31.4 Å². The molecule has 28 heavy (non-hydrogen) atoms. The molecule has 2 heterocycles. The van der Waals surface area contributed by atoms with Crippen molar-refractivity contribution in [3.63, 3.8) is 0 Å². The molecule has 0 aliphatic rings. The van der Waals surface area contributed by atoms with Crippen LogP contribution in [0.1, 0.15) is 10.4 Å². The molecule has 148 valence electrons. The molecule has 0 fully saturated rings. The van der Waals surface area contributed by atoms with Crippen LogP contribution in [0.15, 0.2) is 53.0 Å². The van der Waals surface area contributed by atoms with Gasteiger partial charge >= 0.3 is 0 Å². The van der Waals surface area contributed by atoms with Crippen LogP contribution in [-0.2, 0) is 17.6 Å². The number of nitrogens with zero attached hydrogens (tertiary/aromatic N) is 2. The molecule has 3 aromatic rings. The normalized spacial score (nSPS) is 11.6. The molecule has 0 aliphatic heterocycles. The van der Waals surface area contributed by atoms with Crippen LogP contribution in [0, 0.1) is 0 Å². The van der Waals surface area contributed by atoms with E-state index in [4.69, 9.17) is 0 Å². The van der Waals surface area contributed by atoms with Gasteiger partial charge in [0.1, 0.15) is 6.54 Å². The summed E-state index contributed by atoms with van der Waals surface area (Å²) in [7, 11) is 3.48. The summed E-state index contributed by atoms with van der Waals surface area (Å²) in [4.78, 5) is 22.5. The minimum atomic E-state index is -0.0176. The van der Waals surface area contributed by atoms with Crippen LogP contribution in [0.4, 0.5) is 0 Å². The summed E-state index contributed by atoms with van der Waals surface area (Å²) in [5, 5.41) is 10.0. The lowest BCUT2D eigenvalue weighted by molar-refractivity contribution is -0.127. The van der Waals surface area contributed by atoms with Gasteiger partial charge in [0.15, 0.2) is 5.96 Å². The third-order valence-electron chi connectivity index (χ3n) is 4.48. The SMILES string of the molecule is CN(C)C(=O)CN=C(NCCc1cccs1)NCCc1c[nH]c2ccccc12. The highest BCUT2D eigenvalue weighted by atomic mass is 32.1. The summed E-state index contributed by atoms with van der Waals surface area (Å²) >= 11 is 1.75. The molecule has 0 saturated heterocycles. The number of thiophene rings is 1. The zero-order valence-corrected chi connectivity index (χ0v) is 17.2. The van der Waals surface area contributed by atoms with Crippen molar-refractivity contribution in [1.29, 1.82) is 0 Å². The predicted octanol–water partition coefficient (Wildman–Crippen LogP) is 2.64. The fourth-order valence-electron chi connectivity index (χ4n) is 2.88. The summed E-state index contributed by atoms with van der Waals surface area (Å²) < 4.78 is 0. The van der Waals surface area contributed by atoms with Crippen LogP contribution in [-0.4, -0.2) is 55.5 Å². The Hall–Kier alpha value is -2.80. The van der Waals surface area contributed by atoms with Crippen LogP contribution in [0.3, 0.4) is 0 Å². The molecule has 0 atom stereocenters. The standard InChI is InChI=1S/C21H27N5OS/c1-26(2)20(27)15-25-21(23-12-10-17-6-5-13-28-17)22-11-9-16-14-24-19-8-4-3-7-18(16)19/h3-8,13-14,24H,9-12,15H2,1-2H3,(H2,22,23,25). The van der Waals surface area contributed by atoms with Crippen molar-refractivity contribution in [3.05, 3.63) is 58.4 Å². The molecule has 0 bridgehead atoms. The fourth-order valence-corrected chi connectivity index (χ4v) is 3.58. The Balaban J connectivity index is 1.55. The van der Waals surface area contributed by atoms with E-state index < -0.39 is 0 Å². The van der Waals surface area contributed by atoms with Gasteiger partial charge in [-0.1, -0.05) is 24.3 Å². The number of hydrogen-bond donors (Lipinski definition) is 3. The quantitative estimate of drug-likeness (QED) is 0.404. The zero-order chi connectivity index (χ0) is 19.8. The number of fused-ring (bicyclic) bond motifs is 1. The van der Waals surface area contributed by atoms with Crippen molar-refractivity contribution in [3.8, 4) is 0 Å². The number of benzene rings is 1. The Morgan fingerprint density at radius 3 is 2.64 bits per heavy atom. The molecule has 0 saturated carbocycles.